The second kappa shape index (κ2) is 6.41. The maximum absolute atomic E-state index is 12.3. The van der Waals surface area contributed by atoms with Crippen molar-refractivity contribution in [2.24, 2.45) is 12.0 Å². The summed E-state index contributed by atoms with van der Waals surface area (Å²) in [5.41, 5.74) is 3.02. The van der Waals surface area contributed by atoms with Crippen LogP contribution < -0.4 is 4.80 Å². The average Bonchev–Trinajstić information content (AvgIpc) is 2.90. The highest BCUT2D eigenvalue weighted by molar-refractivity contribution is 7.16. The number of carbonyl (C=O) groups excluding carboxylic acids is 2. The van der Waals surface area contributed by atoms with Crippen LogP contribution in [-0.4, -0.2) is 23.6 Å². The van der Waals surface area contributed by atoms with Gasteiger partial charge in [0, 0.05) is 12.6 Å². The Morgan fingerprint density at radius 3 is 2.42 bits per heavy atom. The van der Waals surface area contributed by atoms with Crippen LogP contribution in [0.15, 0.2) is 47.5 Å². The van der Waals surface area contributed by atoms with Gasteiger partial charge in [-0.15, -0.1) is 0 Å². The first-order chi connectivity index (χ1) is 11.5. The Balaban J connectivity index is 2.05. The van der Waals surface area contributed by atoms with E-state index in [4.69, 9.17) is 4.74 Å². The van der Waals surface area contributed by atoms with Crippen LogP contribution in [0, 0.1) is 6.92 Å². The predicted octanol–water partition coefficient (Wildman–Crippen LogP) is 3.08. The van der Waals surface area contributed by atoms with Gasteiger partial charge in [0.05, 0.1) is 22.9 Å². The minimum Gasteiger partial charge on any atom is -0.465 e. The first kappa shape index (κ1) is 16.1. The zero-order valence-corrected chi connectivity index (χ0v) is 14.4. The summed E-state index contributed by atoms with van der Waals surface area (Å²) in [6.45, 7) is 1.97. The number of methoxy groups -OCH3 is 1. The number of aromatic nitrogens is 1. The van der Waals surface area contributed by atoms with Crippen molar-refractivity contribution < 1.29 is 14.3 Å². The first-order valence-electron chi connectivity index (χ1n) is 7.33. The summed E-state index contributed by atoms with van der Waals surface area (Å²) in [4.78, 5) is 28.8. The SMILES string of the molecule is COC(=O)c1ccc2c(c1)sc(=NC(=O)c1ccc(C)cc1)n2C. The zero-order valence-electron chi connectivity index (χ0n) is 13.6. The Kier molecular flexibility index (Phi) is 4.31. The van der Waals surface area contributed by atoms with Crippen LogP contribution in [0.4, 0.5) is 0 Å². The molecule has 0 radical (unpaired) electrons. The third-order valence-corrected chi connectivity index (χ3v) is 4.82. The van der Waals surface area contributed by atoms with Crippen molar-refractivity contribution in [3.8, 4) is 0 Å². The molecule has 0 N–H and O–H groups in total. The fourth-order valence-electron chi connectivity index (χ4n) is 2.33. The second-order valence-electron chi connectivity index (χ2n) is 5.40. The monoisotopic (exact) mass is 340 g/mol. The number of rotatable bonds is 2. The van der Waals surface area contributed by atoms with Crippen LogP contribution in [-0.2, 0) is 11.8 Å². The third-order valence-electron chi connectivity index (χ3n) is 3.73. The number of hydrogen-bond acceptors (Lipinski definition) is 4. The van der Waals surface area contributed by atoms with Crippen LogP contribution in [0.2, 0.25) is 0 Å². The van der Waals surface area contributed by atoms with Crippen molar-refractivity contribution in [1.82, 2.24) is 4.57 Å². The lowest BCUT2D eigenvalue weighted by atomic mass is 10.1. The van der Waals surface area contributed by atoms with Gasteiger partial charge in [-0.1, -0.05) is 29.0 Å². The van der Waals surface area contributed by atoms with E-state index in [-0.39, 0.29) is 11.9 Å². The number of carbonyl (C=O) groups is 2. The van der Waals surface area contributed by atoms with Crippen molar-refractivity contribution >= 4 is 33.4 Å². The van der Waals surface area contributed by atoms with Gasteiger partial charge in [0.1, 0.15) is 0 Å². The van der Waals surface area contributed by atoms with Crippen LogP contribution >= 0.6 is 11.3 Å². The molecule has 1 heterocycles. The summed E-state index contributed by atoms with van der Waals surface area (Å²) in [7, 11) is 3.19. The summed E-state index contributed by atoms with van der Waals surface area (Å²) in [5, 5.41) is 0. The first-order valence-corrected chi connectivity index (χ1v) is 8.15. The van der Waals surface area contributed by atoms with Gasteiger partial charge in [-0.2, -0.15) is 4.99 Å². The largest absolute Gasteiger partial charge is 0.465 e. The Morgan fingerprint density at radius 2 is 1.75 bits per heavy atom. The molecule has 0 saturated carbocycles. The lowest BCUT2D eigenvalue weighted by Crippen LogP contribution is -2.13. The Labute approximate surface area is 142 Å². The summed E-state index contributed by atoms with van der Waals surface area (Å²) < 4.78 is 7.45. The highest BCUT2D eigenvalue weighted by Gasteiger charge is 2.10. The number of thiazole rings is 1. The maximum atomic E-state index is 12.3. The predicted molar refractivity (Wildman–Crippen MR) is 93.2 cm³/mol. The number of fused-ring (bicyclic) bond motifs is 1. The molecule has 5 nitrogen and oxygen atoms in total. The molecular formula is C18H16N2O3S. The molecule has 0 aliphatic heterocycles. The number of aryl methyl sites for hydroxylation is 2. The van der Waals surface area contributed by atoms with E-state index in [2.05, 4.69) is 4.99 Å². The van der Waals surface area contributed by atoms with Gasteiger partial charge < -0.3 is 9.30 Å². The van der Waals surface area contributed by atoms with Crippen molar-refractivity contribution in [2.75, 3.05) is 7.11 Å². The van der Waals surface area contributed by atoms with Gasteiger partial charge in [0.15, 0.2) is 4.80 Å². The molecule has 6 heteroatoms. The molecule has 3 aromatic rings. The number of hydrogen-bond donors (Lipinski definition) is 0. The van der Waals surface area contributed by atoms with Crippen LogP contribution in [0.5, 0.6) is 0 Å². The summed E-state index contributed by atoms with van der Waals surface area (Å²) >= 11 is 1.36. The number of esters is 1. The molecule has 24 heavy (non-hydrogen) atoms. The summed E-state index contributed by atoms with van der Waals surface area (Å²) in [6, 6.07) is 12.6. The number of amides is 1. The standard InChI is InChI=1S/C18H16N2O3S/c1-11-4-6-12(7-5-11)16(21)19-18-20(2)14-9-8-13(17(22)23-3)10-15(14)24-18/h4-10H,1-3H3. The number of benzene rings is 2. The molecular weight excluding hydrogens is 324 g/mol. The van der Waals surface area contributed by atoms with E-state index in [9.17, 15) is 9.59 Å². The molecule has 0 spiro atoms. The smallest absolute Gasteiger partial charge is 0.337 e. The van der Waals surface area contributed by atoms with Crippen molar-refractivity contribution in [2.45, 2.75) is 6.92 Å². The highest BCUT2D eigenvalue weighted by atomic mass is 32.1. The van der Waals surface area contributed by atoms with Gasteiger partial charge in [-0.3, -0.25) is 4.79 Å². The van der Waals surface area contributed by atoms with E-state index in [1.165, 1.54) is 18.4 Å². The van der Waals surface area contributed by atoms with Gasteiger partial charge in [0.25, 0.3) is 5.91 Å². The molecule has 0 saturated heterocycles. The molecule has 1 amide bonds. The van der Waals surface area contributed by atoms with Crippen LogP contribution in [0.3, 0.4) is 0 Å². The summed E-state index contributed by atoms with van der Waals surface area (Å²) in [6.07, 6.45) is 0. The third kappa shape index (κ3) is 3.00. The molecule has 0 fully saturated rings. The molecule has 1 aromatic heterocycles. The normalized spacial score (nSPS) is 11.7. The molecule has 0 atom stereocenters. The lowest BCUT2D eigenvalue weighted by Gasteiger charge is -1.99. The van der Waals surface area contributed by atoms with Gasteiger partial charge in [0.2, 0.25) is 0 Å². The lowest BCUT2D eigenvalue weighted by molar-refractivity contribution is 0.0601. The minimum atomic E-state index is -0.387. The van der Waals surface area contributed by atoms with Crippen LogP contribution in [0.1, 0.15) is 26.3 Å². The molecule has 2 aromatic carbocycles. The molecule has 122 valence electrons. The molecule has 0 unspecified atom stereocenters. The van der Waals surface area contributed by atoms with E-state index in [1.807, 2.05) is 36.7 Å². The quantitative estimate of drug-likeness (QED) is 0.674. The Bertz CT molecular complexity index is 997. The number of ether oxygens (including phenoxy) is 1. The van der Waals surface area contributed by atoms with Crippen molar-refractivity contribution in [3.63, 3.8) is 0 Å². The molecule has 3 rings (SSSR count). The second-order valence-corrected chi connectivity index (χ2v) is 6.41. The van der Waals surface area contributed by atoms with E-state index in [0.29, 0.717) is 15.9 Å². The van der Waals surface area contributed by atoms with E-state index in [1.54, 1.807) is 24.3 Å². The zero-order chi connectivity index (χ0) is 17.3. The highest BCUT2D eigenvalue weighted by Crippen LogP contribution is 2.19. The topological polar surface area (TPSA) is 60.7 Å². The fourth-order valence-corrected chi connectivity index (χ4v) is 3.39. The van der Waals surface area contributed by atoms with Crippen molar-refractivity contribution in [3.05, 3.63) is 64.0 Å². The van der Waals surface area contributed by atoms with Gasteiger partial charge >= 0.3 is 5.97 Å². The molecule has 0 aliphatic rings. The summed E-state index contributed by atoms with van der Waals surface area (Å²) in [5.74, 6) is -0.674. The average molecular weight is 340 g/mol. The minimum absolute atomic E-state index is 0.287. The van der Waals surface area contributed by atoms with E-state index >= 15 is 0 Å². The Morgan fingerprint density at radius 1 is 1.08 bits per heavy atom. The maximum Gasteiger partial charge on any atom is 0.337 e. The Hall–Kier alpha value is -2.73. The fraction of sp³-hybridized carbons (Fsp3) is 0.167. The van der Waals surface area contributed by atoms with Crippen molar-refractivity contribution in [1.29, 1.82) is 0 Å². The molecule has 0 bridgehead atoms. The van der Waals surface area contributed by atoms with E-state index < -0.39 is 0 Å². The van der Waals surface area contributed by atoms with Gasteiger partial charge in [-0.05, 0) is 37.3 Å². The molecule has 0 aliphatic carbocycles. The van der Waals surface area contributed by atoms with E-state index in [0.717, 1.165) is 15.8 Å². The van der Waals surface area contributed by atoms with Crippen LogP contribution in [0.25, 0.3) is 10.2 Å². The number of nitrogens with zero attached hydrogens (tertiary/aromatic N) is 2. The van der Waals surface area contributed by atoms with Gasteiger partial charge in [-0.25, -0.2) is 4.79 Å².